The Morgan fingerprint density at radius 1 is 1.44 bits per heavy atom. The smallest absolute Gasteiger partial charge is 0.0912 e. The molecule has 0 radical (unpaired) electrons. The van der Waals surface area contributed by atoms with E-state index in [4.69, 9.17) is 21.3 Å². The second-order valence-corrected chi connectivity index (χ2v) is 4.79. The Morgan fingerprint density at radius 3 is 3.17 bits per heavy atom. The van der Waals surface area contributed by atoms with E-state index in [9.17, 15) is 0 Å². The number of pyridine rings is 1. The fraction of sp³-hybridized carbons (Fsp3) is 0.357. The molecule has 0 fully saturated rings. The van der Waals surface area contributed by atoms with E-state index in [2.05, 4.69) is 18.3 Å². The molecule has 1 aliphatic rings. The van der Waals surface area contributed by atoms with Crippen molar-refractivity contribution in [2.45, 2.75) is 20.0 Å². The predicted octanol–water partition coefficient (Wildman–Crippen LogP) is 3.39. The first-order valence-corrected chi connectivity index (χ1v) is 6.60. The van der Waals surface area contributed by atoms with Crippen LogP contribution in [-0.4, -0.2) is 18.1 Å². The normalized spacial score (nSPS) is 14.6. The van der Waals surface area contributed by atoms with E-state index in [1.165, 1.54) is 5.56 Å². The Morgan fingerprint density at radius 2 is 2.33 bits per heavy atom. The first kappa shape index (κ1) is 11.8. The number of nitrogens with zero attached hydrogens (tertiary/aromatic N) is 1. The third kappa shape index (κ3) is 1.84. The van der Waals surface area contributed by atoms with Crippen LogP contribution in [0.15, 0.2) is 18.2 Å². The number of fused-ring (bicyclic) bond motifs is 2. The van der Waals surface area contributed by atoms with Crippen LogP contribution in [0.4, 0.5) is 5.69 Å². The van der Waals surface area contributed by atoms with Gasteiger partial charge in [0.25, 0.3) is 0 Å². The molecule has 1 aromatic carbocycles. The summed E-state index contributed by atoms with van der Waals surface area (Å²) in [5.74, 6) is 0. The highest BCUT2D eigenvalue weighted by Gasteiger charge is 2.19. The summed E-state index contributed by atoms with van der Waals surface area (Å²) >= 11 is 6.25. The van der Waals surface area contributed by atoms with E-state index < -0.39 is 0 Å². The number of ether oxygens (including phenoxy) is 1. The van der Waals surface area contributed by atoms with E-state index in [1.807, 2.05) is 12.1 Å². The molecule has 2 heterocycles. The van der Waals surface area contributed by atoms with Crippen molar-refractivity contribution in [3.63, 3.8) is 0 Å². The average Bonchev–Trinajstić information content (AvgIpc) is 2.40. The van der Waals surface area contributed by atoms with Gasteiger partial charge in [-0.05, 0) is 13.0 Å². The van der Waals surface area contributed by atoms with Crippen LogP contribution in [-0.2, 0) is 17.8 Å². The van der Waals surface area contributed by atoms with Crippen molar-refractivity contribution < 1.29 is 4.74 Å². The molecular formula is C14H15ClN2O. The highest BCUT2D eigenvalue weighted by atomic mass is 35.5. The van der Waals surface area contributed by atoms with Crippen LogP contribution >= 0.6 is 11.6 Å². The van der Waals surface area contributed by atoms with Gasteiger partial charge in [-0.3, -0.25) is 4.98 Å². The van der Waals surface area contributed by atoms with Crippen LogP contribution in [0.3, 0.4) is 0 Å². The van der Waals surface area contributed by atoms with Crippen molar-refractivity contribution in [3.05, 3.63) is 34.5 Å². The van der Waals surface area contributed by atoms with Crippen molar-refractivity contribution in [1.82, 2.24) is 4.98 Å². The number of hydrogen-bond donors (Lipinski definition) is 1. The van der Waals surface area contributed by atoms with E-state index >= 15 is 0 Å². The van der Waals surface area contributed by atoms with Crippen molar-refractivity contribution in [2.75, 3.05) is 18.5 Å². The number of halogens is 1. The van der Waals surface area contributed by atoms with E-state index in [0.717, 1.165) is 41.9 Å². The van der Waals surface area contributed by atoms with Gasteiger partial charge >= 0.3 is 0 Å². The average molecular weight is 263 g/mol. The quantitative estimate of drug-likeness (QED) is 0.901. The van der Waals surface area contributed by atoms with Crippen molar-refractivity contribution >= 4 is 28.2 Å². The molecule has 0 spiro atoms. The molecule has 3 nitrogen and oxygen atoms in total. The van der Waals surface area contributed by atoms with Gasteiger partial charge in [-0.25, -0.2) is 0 Å². The summed E-state index contributed by atoms with van der Waals surface area (Å²) in [7, 11) is 0. The molecule has 1 N–H and O–H groups in total. The first-order chi connectivity index (χ1) is 8.81. The summed E-state index contributed by atoms with van der Waals surface area (Å²) in [6.07, 6.45) is 0.856. The monoisotopic (exact) mass is 262 g/mol. The van der Waals surface area contributed by atoms with E-state index in [1.54, 1.807) is 0 Å². The lowest BCUT2D eigenvalue weighted by Crippen LogP contribution is -2.15. The highest BCUT2D eigenvalue weighted by molar-refractivity contribution is 6.35. The molecular weight excluding hydrogens is 248 g/mol. The molecule has 18 heavy (non-hydrogen) atoms. The van der Waals surface area contributed by atoms with Gasteiger partial charge in [0, 0.05) is 23.9 Å². The first-order valence-electron chi connectivity index (χ1n) is 6.23. The molecule has 0 atom stereocenters. The van der Waals surface area contributed by atoms with E-state index in [-0.39, 0.29) is 0 Å². The predicted molar refractivity (Wildman–Crippen MR) is 74.3 cm³/mol. The number of nitrogens with one attached hydrogen (secondary N) is 1. The summed E-state index contributed by atoms with van der Waals surface area (Å²) in [4.78, 5) is 4.71. The van der Waals surface area contributed by atoms with Gasteiger partial charge in [-0.15, -0.1) is 0 Å². The van der Waals surface area contributed by atoms with Gasteiger partial charge in [-0.2, -0.15) is 0 Å². The zero-order valence-electron chi connectivity index (χ0n) is 10.3. The zero-order valence-corrected chi connectivity index (χ0v) is 11.0. The Hall–Kier alpha value is -1.32. The molecule has 0 unspecified atom stereocenters. The Balaban J connectivity index is 2.33. The number of aromatic nitrogens is 1. The lowest BCUT2D eigenvalue weighted by molar-refractivity contribution is 0.110. The van der Waals surface area contributed by atoms with Crippen LogP contribution in [0.2, 0.25) is 5.02 Å². The minimum Gasteiger partial charge on any atom is -0.384 e. The molecule has 94 valence electrons. The molecule has 0 amide bonds. The number of benzene rings is 1. The molecule has 0 bridgehead atoms. The van der Waals surface area contributed by atoms with Crippen molar-refractivity contribution in [1.29, 1.82) is 0 Å². The topological polar surface area (TPSA) is 34.2 Å². The van der Waals surface area contributed by atoms with Gasteiger partial charge in [0.1, 0.15) is 0 Å². The Labute approximate surface area is 111 Å². The zero-order chi connectivity index (χ0) is 12.5. The molecule has 3 rings (SSSR count). The van der Waals surface area contributed by atoms with Crippen molar-refractivity contribution in [2.24, 2.45) is 0 Å². The van der Waals surface area contributed by atoms with Gasteiger partial charge in [0.05, 0.1) is 35.1 Å². The largest absolute Gasteiger partial charge is 0.384 e. The fourth-order valence-electron chi connectivity index (χ4n) is 2.42. The number of para-hydroxylation sites is 1. The molecule has 0 aliphatic carbocycles. The van der Waals surface area contributed by atoms with Crippen LogP contribution < -0.4 is 5.32 Å². The number of rotatable bonds is 2. The second-order valence-electron chi connectivity index (χ2n) is 4.38. The summed E-state index contributed by atoms with van der Waals surface area (Å²) in [5, 5.41) is 5.21. The Bertz CT molecular complexity index is 598. The number of anilines is 1. The molecule has 2 aromatic rings. The van der Waals surface area contributed by atoms with E-state index in [0.29, 0.717) is 11.6 Å². The van der Waals surface area contributed by atoms with Crippen LogP contribution in [0.1, 0.15) is 18.2 Å². The van der Waals surface area contributed by atoms with Gasteiger partial charge < -0.3 is 10.1 Å². The van der Waals surface area contributed by atoms with Crippen LogP contribution in [0.5, 0.6) is 0 Å². The number of hydrogen-bond acceptors (Lipinski definition) is 3. The minimum atomic E-state index is 0.632. The molecule has 1 aliphatic heterocycles. The standard InChI is InChI=1S/C14H15ClN2O/c1-2-16-13-9-4-3-5-11(15)14(9)17-12-6-7-18-8-10(12)13/h3-5H,2,6-8H2,1H3,(H,16,17). The van der Waals surface area contributed by atoms with Gasteiger partial charge in [-0.1, -0.05) is 23.7 Å². The van der Waals surface area contributed by atoms with Crippen LogP contribution in [0, 0.1) is 0 Å². The molecule has 0 saturated carbocycles. The fourth-order valence-corrected chi connectivity index (χ4v) is 2.64. The third-order valence-corrected chi connectivity index (χ3v) is 3.54. The summed E-state index contributed by atoms with van der Waals surface area (Å²) < 4.78 is 5.55. The molecule has 1 aromatic heterocycles. The SMILES string of the molecule is CCNc1c2c(nc3c(Cl)cccc13)CCOC2. The summed E-state index contributed by atoms with van der Waals surface area (Å²) in [6, 6.07) is 5.91. The lowest BCUT2D eigenvalue weighted by Gasteiger charge is -2.21. The Kier molecular flexibility index (Phi) is 3.10. The maximum Gasteiger partial charge on any atom is 0.0912 e. The summed E-state index contributed by atoms with van der Waals surface area (Å²) in [6.45, 7) is 4.33. The molecule has 0 saturated heterocycles. The maximum atomic E-state index is 6.25. The van der Waals surface area contributed by atoms with Crippen LogP contribution in [0.25, 0.3) is 10.9 Å². The summed E-state index contributed by atoms with van der Waals surface area (Å²) in [5.41, 5.74) is 4.30. The molecule has 4 heteroatoms. The second kappa shape index (κ2) is 4.75. The third-order valence-electron chi connectivity index (χ3n) is 3.24. The van der Waals surface area contributed by atoms with Crippen molar-refractivity contribution in [3.8, 4) is 0 Å². The minimum absolute atomic E-state index is 0.632. The van der Waals surface area contributed by atoms with Gasteiger partial charge in [0.15, 0.2) is 0 Å². The lowest BCUT2D eigenvalue weighted by atomic mass is 10.0. The highest BCUT2D eigenvalue weighted by Crippen LogP contribution is 2.34. The maximum absolute atomic E-state index is 6.25. The van der Waals surface area contributed by atoms with Gasteiger partial charge in [0.2, 0.25) is 0 Å².